The van der Waals surface area contributed by atoms with Gasteiger partial charge in [-0.1, -0.05) is 6.07 Å². The highest BCUT2D eigenvalue weighted by atomic mass is 32.2. The van der Waals surface area contributed by atoms with E-state index in [0.29, 0.717) is 22.8 Å². The molecule has 0 fully saturated rings. The van der Waals surface area contributed by atoms with Gasteiger partial charge in [-0.2, -0.15) is 5.10 Å². The van der Waals surface area contributed by atoms with Gasteiger partial charge in [-0.25, -0.2) is 8.42 Å². The fourth-order valence-electron chi connectivity index (χ4n) is 1.88. The Balaban J connectivity index is 2.45. The molecule has 0 amide bonds. The molecular formula is C12H16N4O2S. The Hall–Kier alpha value is -2.02. The molecular weight excluding hydrogens is 264 g/mol. The quantitative estimate of drug-likeness (QED) is 0.745. The first-order valence-corrected chi connectivity index (χ1v) is 7.20. The number of benzene rings is 1. The van der Waals surface area contributed by atoms with Crippen molar-refractivity contribution in [2.24, 2.45) is 0 Å². The first kappa shape index (κ1) is 13.4. The molecule has 0 atom stereocenters. The maximum absolute atomic E-state index is 12.4. The van der Waals surface area contributed by atoms with Crippen molar-refractivity contribution in [2.45, 2.75) is 25.7 Å². The summed E-state index contributed by atoms with van der Waals surface area (Å²) >= 11 is 0. The van der Waals surface area contributed by atoms with Crippen LogP contribution in [0.25, 0.3) is 0 Å². The molecule has 0 saturated carbocycles. The molecule has 4 N–H and O–H groups in total. The average molecular weight is 280 g/mol. The zero-order valence-corrected chi connectivity index (χ0v) is 11.8. The van der Waals surface area contributed by atoms with Crippen molar-refractivity contribution in [2.75, 3.05) is 10.5 Å². The Morgan fingerprint density at radius 2 is 1.95 bits per heavy atom. The largest absolute Gasteiger partial charge is 0.399 e. The summed E-state index contributed by atoms with van der Waals surface area (Å²) in [5, 5.41) is 6.56. The van der Waals surface area contributed by atoms with Crippen molar-refractivity contribution in [3.63, 3.8) is 0 Å². The number of aromatic nitrogens is 2. The second-order valence-electron chi connectivity index (χ2n) is 4.44. The molecule has 102 valence electrons. The summed E-state index contributed by atoms with van der Waals surface area (Å²) in [6.07, 6.45) is 0. The fraction of sp³-hybridized carbons (Fsp3) is 0.250. The molecule has 0 bridgehead atoms. The van der Waals surface area contributed by atoms with Crippen LogP contribution in [-0.2, 0) is 10.0 Å². The third-order valence-electron chi connectivity index (χ3n) is 2.84. The Morgan fingerprint density at radius 1 is 1.26 bits per heavy atom. The summed E-state index contributed by atoms with van der Waals surface area (Å²) in [6.45, 7) is 5.12. The summed E-state index contributed by atoms with van der Waals surface area (Å²) < 4.78 is 27.3. The standard InChI is InChI=1S/C12H16N4O2S/c1-7-4-5-10(13)6-11(7)16-19(17,18)12-8(2)14-15-9(12)3/h4-6,16H,13H2,1-3H3,(H,14,15). The van der Waals surface area contributed by atoms with Crippen LogP contribution < -0.4 is 10.5 Å². The van der Waals surface area contributed by atoms with Crippen molar-refractivity contribution in [3.8, 4) is 0 Å². The molecule has 19 heavy (non-hydrogen) atoms. The monoisotopic (exact) mass is 280 g/mol. The number of aromatic amines is 1. The summed E-state index contributed by atoms with van der Waals surface area (Å²) in [5.74, 6) is 0. The van der Waals surface area contributed by atoms with Gasteiger partial charge in [-0.15, -0.1) is 0 Å². The number of nitrogens with zero attached hydrogens (tertiary/aromatic N) is 1. The molecule has 0 aliphatic heterocycles. The van der Waals surface area contributed by atoms with Gasteiger partial charge in [0.2, 0.25) is 0 Å². The second-order valence-corrected chi connectivity index (χ2v) is 6.06. The molecule has 1 aromatic heterocycles. The van der Waals surface area contributed by atoms with E-state index in [9.17, 15) is 8.42 Å². The molecule has 0 saturated heterocycles. The molecule has 0 radical (unpaired) electrons. The minimum absolute atomic E-state index is 0.175. The summed E-state index contributed by atoms with van der Waals surface area (Å²) in [4.78, 5) is 0.175. The van der Waals surface area contributed by atoms with E-state index in [1.807, 2.05) is 6.92 Å². The van der Waals surface area contributed by atoms with Crippen molar-refractivity contribution < 1.29 is 8.42 Å². The zero-order valence-electron chi connectivity index (χ0n) is 11.0. The molecule has 2 aromatic rings. The lowest BCUT2D eigenvalue weighted by Crippen LogP contribution is -2.15. The van der Waals surface area contributed by atoms with Crippen molar-refractivity contribution in [1.29, 1.82) is 0 Å². The van der Waals surface area contributed by atoms with Crippen LogP contribution in [0.3, 0.4) is 0 Å². The van der Waals surface area contributed by atoms with E-state index < -0.39 is 10.0 Å². The number of H-pyrrole nitrogens is 1. The number of nitrogen functional groups attached to an aromatic ring is 1. The first-order chi connectivity index (χ1) is 8.81. The summed E-state index contributed by atoms with van der Waals surface area (Å²) in [7, 11) is -3.67. The highest BCUT2D eigenvalue weighted by Crippen LogP contribution is 2.24. The van der Waals surface area contributed by atoms with Gasteiger partial charge in [0.25, 0.3) is 10.0 Å². The predicted octanol–water partition coefficient (Wildman–Crippen LogP) is 1.72. The summed E-state index contributed by atoms with van der Waals surface area (Å²) in [5.41, 5.74) is 8.39. The summed E-state index contributed by atoms with van der Waals surface area (Å²) in [6, 6.07) is 5.08. The maximum atomic E-state index is 12.4. The van der Waals surface area contributed by atoms with Gasteiger partial charge in [0.1, 0.15) is 4.90 Å². The van der Waals surface area contributed by atoms with Crippen LogP contribution in [0.2, 0.25) is 0 Å². The number of anilines is 2. The van der Waals surface area contributed by atoms with Crippen LogP contribution in [0.1, 0.15) is 17.0 Å². The minimum atomic E-state index is -3.67. The highest BCUT2D eigenvalue weighted by Gasteiger charge is 2.22. The molecule has 0 aliphatic rings. The Kier molecular flexibility index (Phi) is 3.23. The third-order valence-corrected chi connectivity index (χ3v) is 4.46. The van der Waals surface area contributed by atoms with Crippen LogP contribution in [-0.4, -0.2) is 18.6 Å². The lowest BCUT2D eigenvalue weighted by molar-refractivity contribution is 0.600. The molecule has 1 aromatic carbocycles. The molecule has 1 heterocycles. The van der Waals surface area contributed by atoms with E-state index in [1.54, 1.807) is 32.0 Å². The predicted molar refractivity (Wildman–Crippen MR) is 74.5 cm³/mol. The van der Waals surface area contributed by atoms with Crippen LogP contribution in [0.4, 0.5) is 11.4 Å². The minimum Gasteiger partial charge on any atom is -0.399 e. The molecule has 0 aliphatic carbocycles. The lowest BCUT2D eigenvalue weighted by Gasteiger charge is -2.11. The number of hydrogen-bond donors (Lipinski definition) is 3. The van der Waals surface area contributed by atoms with Crippen molar-refractivity contribution in [1.82, 2.24) is 10.2 Å². The van der Waals surface area contributed by atoms with Gasteiger partial charge in [0.05, 0.1) is 17.1 Å². The topological polar surface area (TPSA) is 101 Å². The highest BCUT2D eigenvalue weighted by molar-refractivity contribution is 7.92. The van der Waals surface area contributed by atoms with Crippen LogP contribution >= 0.6 is 0 Å². The SMILES string of the molecule is Cc1ccc(N)cc1NS(=O)(=O)c1c(C)n[nH]c1C. The molecule has 0 unspecified atom stereocenters. The maximum Gasteiger partial charge on any atom is 0.265 e. The Bertz CT molecular complexity index is 700. The van der Waals surface area contributed by atoms with Crippen LogP contribution in [0.15, 0.2) is 23.1 Å². The number of aryl methyl sites for hydroxylation is 3. The number of hydrogen-bond acceptors (Lipinski definition) is 4. The average Bonchev–Trinajstić information content (AvgIpc) is 2.64. The fourth-order valence-corrected chi connectivity index (χ4v) is 3.38. The number of sulfonamides is 1. The smallest absolute Gasteiger partial charge is 0.265 e. The molecule has 2 rings (SSSR count). The molecule has 7 heteroatoms. The number of nitrogens with two attached hydrogens (primary N) is 1. The van der Waals surface area contributed by atoms with E-state index in [1.165, 1.54) is 0 Å². The van der Waals surface area contributed by atoms with Crippen LogP contribution in [0, 0.1) is 20.8 Å². The molecule has 0 spiro atoms. The van der Waals surface area contributed by atoms with Gasteiger partial charge in [0.15, 0.2) is 0 Å². The first-order valence-electron chi connectivity index (χ1n) is 5.72. The van der Waals surface area contributed by atoms with E-state index in [-0.39, 0.29) is 4.90 Å². The third kappa shape index (κ3) is 2.55. The van der Waals surface area contributed by atoms with Gasteiger partial charge in [-0.3, -0.25) is 9.82 Å². The van der Waals surface area contributed by atoms with E-state index in [4.69, 9.17) is 5.73 Å². The Labute approximate surface area is 112 Å². The van der Waals surface area contributed by atoms with E-state index in [2.05, 4.69) is 14.9 Å². The normalized spacial score (nSPS) is 11.5. The van der Waals surface area contributed by atoms with Crippen LogP contribution in [0.5, 0.6) is 0 Å². The number of nitrogens with one attached hydrogen (secondary N) is 2. The van der Waals surface area contributed by atoms with Crippen molar-refractivity contribution in [3.05, 3.63) is 35.2 Å². The van der Waals surface area contributed by atoms with Gasteiger partial charge in [0, 0.05) is 5.69 Å². The number of rotatable bonds is 3. The molecule has 6 nitrogen and oxygen atoms in total. The van der Waals surface area contributed by atoms with Crippen molar-refractivity contribution >= 4 is 21.4 Å². The van der Waals surface area contributed by atoms with E-state index in [0.717, 1.165) is 5.56 Å². The van der Waals surface area contributed by atoms with Gasteiger partial charge < -0.3 is 5.73 Å². The van der Waals surface area contributed by atoms with Gasteiger partial charge >= 0.3 is 0 Å². The van der Waals surface area contributed by atoms with E-state index >= 15 is 0 Å². The Morgan fingerprint density at radius 3 is 2.53 bits per heavy atom. The second kappa shape index (κ2) is 4.58. The lowest BCUT2D eigenvalue weighted by atomic mass is 10.2. The zero-order chi connectivity index (χ0) is 14.2. The van der Waals surface area contributed by atoms with Gasteiger partial charge in [-0.05, 0) is 38.5 Å².